The van der Waals surface area contributed by atoms with Gasteiger partial charge in [0, 0.05) is 47.4 Å². The molecule has 0 atom stereocenters. The number of nitrogens with zero attached hydrogens (tertiary/aromatic N) is 4. The molecule has 1 N–H and O–H groups in total. The molecule has 1 fully saturated rings. The fraction of sp³-hybridized carbons (Fsp3) is 0.296. The number of carbonyl (C=O) groups excluding carboxylic acids is 1. The Labute approximate surface area is 208 Å². The highest BCUT2D eigenvalue weighted by atomic mass is 35.5. The maximum absolute atomic E-state index is 14.1. The van der Waals surface area contributed by atoms with Crippen LogP contribution in [-0.4, -0.2) is 33.6 Å². The van der Waals surface area contributed by atoms with Crippen molar-refractivity contribution in [2.45, 2.75) is 33.6 Å². The van der Waals surface area contributed by atoms with Crippen LogP contribution in [0.1, 0.15) is 29.7 Å². The molecule has 0 saturated carbocycles. The molecular weight excluding hydrogens is 465 g/mol. The Balaban J connectivity index is 1.35. The van der Waals surface area contributed by atoms with Gasteiger partial charge in [0.1, 0.15) is 11.6 Å². The number of fused-ring (bicyclic) bond motifs is 1. The van der Waals surface area contributed by atoms with Crippen molar-refractivity contribution in [2.24, 2.45) is 5.92 Å². The summed E-state index contributed by atoms with van der Waals surface area (Å²) >= 11 is 5.81. The number of amides is 1. The van der Waals surface area contributed by atoms with Crippen molar-refractivity contribution < 1.29 is 9.18 Å². The van der Waals surface area contributed by atoms with Crippen LogP contribution in [0, 0.1) is 32.5 Å². The summed E-state index contributed by atoms with van der Waals surface area (Å²) in [4.78, 5) is 19.7. The topological polar surface area (TPSA) is 62.5 Å². The molecule has 2 aromatic heterocycles. The minimum Gasteiger partial charge on any atom is -0.356 e. The van der Waals surface area contributed by atoms with Gasteiger partial charge in [-0.15, -0.1) is 0 Å². The number of piperidine rings is 1. The Morgan fingerprint density at radius 1 is 1.03 bits per heavy atom. The summed E-state index contributed by atoms with van der Waals surface area (Å²) in [5.74, 6) is 0.0725. The number of aryl methyl sites for hydroxylation is 3. The van der Waals surface area contributed by atoms with E-state index in [0.717, 1.165) is 28.4 Å². The Morgan fingerprint density at radius 3 is 2.43 bits per heavy atom. The van der Waals surface area contributed by atoms with Crippen molar-refractivity contribution in [1.82, 2.24) is 14.6 Å². The number of carbonyl (C=O) groups is 1. The first kappa shape index (κ1) is 23.3. The van der Waals surface area contributed by atoms with E-state index in [0.29, 0.717) is 31.0 Å². The number of halogens is 2. The molecule has 1 aliphatic heterocycles. The third kappa shape index (κ3) is 4.86. The lowest BCUT2D eigenvalue weighted by Crippen LogP contribution is -2.39. The minimum atomic E-state index is -0.531. The minimum absolute atomic E-state index is 0.156. The zero-order chi connectivity index (χ0) is 24.7. The SMILES string of the molecule is Cc1cc(C)cc(-c2cc3nc(C)cc(N4CCC(C(=O)Nc5ccc(Cl)cc5F)CC4)n3n2)c1. The third-order valence-electron chi connectivity index (χ3n) is 6.43. The van der Waals surface area contributed by atoms with Gasteiger partial charge < -0.3 is 10.2 Å². The number of anilines is 2. The number of hydrogen-bond donors (Lipinski definition) is 1. The van der Waals surface area contributed by atoms with Crippen LogP contribution in [-0.2, 0) is 4.79 Å². The average molecular weight is 492 g/mol. The van der Waals surface area contributed by atoms with E-state index < -0.39 is 5.82 Å². The van der Waals surface area contributed by atoms with Gasteiger partial charge >= 0.3 is 0 Å². The van der Waals surface area contributed by atoms with Gasteiger partial charge in [-0.05, 0) is 63.9 Å². The molecule has 0 unspecified atom stereocenters. The number of benzene rings is 2. The summed E-state index contributed by atoms with van der Waals surface area (Å²) in [6.07, 6.45) is 1.32. The van der Waals surface area contributed by atoms with E-state index in [2.05, 4.69) is 42.3 Å². The molecule has 8 heteroatoms. The van der Waals surface area contributed by atoms with Gasteiger partial charge in [0.25, 0.3) is 0 Å². The molecule has 35 heavy (non-hydrogen) atoms. The zero-order valence-electron chi connectivity index (χ0n) is 20.0. The quantitative estimate of drug-likeness (QED) is 0.382. The molecular formula is C27H27ClFN5O. The summed E-state index contributed by atoms with van der Waals surface area (Å²) in [5, 5.41) is 7.90. The van der Waals surface area contributed by atoms with Crippen LogP contribution >= 0.6 is 11.6 Å². The zero-order valence-corrected chi connectivity index (χ0v) is 20.7. The highest BCUT2D eigenvalue weighted by Crippen LogP contribution is 2.29. The van der Waals surface area contributed by atoms with Crippen LogP contribution in [0.25, 0.3) is 16.9 Å². The van der Waals surface area contributed by atoms with Crippen molar-refractivity contribution in [3.8, 4) is 11.3 Å². The Morgan fingerprint density at radius 2 is 1.74 bits per heavy atom. The lowest BCUT2D eigenvalue weighted by atomic mass is 9.95. The monoisotopic (exact) mass is 491 g/mol. The van der Waals surface area contributed by atoms with Crippen molar-refractivity contribution in [3.05, 3.63) is 76.2 Å². The molecule has 1 aliphatic rings. The second-order valence-electron chi connectivity index (χ2n) is 9.31. The average Bonchev–Trinajstić information content (AvgIpc) is 3.24. The van der Waals surface area contributed by atoms with Crippen LogP contribution in [0.2, 0.25) is 5.02 Å². The molecule has 4 aromatic rings. The highest BCUT2D eigenvalue weighted by Gasteiger charge is 2.27. The summed E-state index contributed by atoms with van der Waals surface area (Å²) in [6.45, 7) is 7.54. The predicted octanol–water partition coefficient (Wildman–Crippen LogP) is 5.97. The normalized spacial score (nSPS) is 14.5. The van der Waals surface area contributed by atoms with E-state index in [1.807, 2.05) is 23.6 Å². The molecule has 0 radical (unpaired) electrons. The molecule has 5 rings (SSSR count). The molecule has 3 heterocycles. The van der Waals surface area contributed by atoms with Gasteiger partial charge in [-0.1, -0.05) is 28.8 Å². The van der Waals surface area contributed by atoms with Gasteiger partial charge in [0.15, 0.2) is 5.65 Å². The van der Waals surface area contributed by atoms with Crippen molar-refractivity contribution in [3.63, 3.8) is 0 Å². The lowest BCUT2D eigenvalue weighted by molar-refractivity contribution is -0.120. The van der Waals surface area contributed by atoms with E-state index in [9.17, 15) is 9.18 Å². The van der Waals surface area contributed by atoms with Crippen molar-refractivity contribution >= 4 is 34.7 Å². The Kier molecular flexibility index (Phi) is 6.19. The van der Waals surface area contributed by atoms with Gasteiger partial charge in [-0.2, -0.15) is 9.61 Å². The molecule has 2 aromatic carbocycles. The smallest absolute Gasteiger partial charge is 0.227 e. The van der Waals surface area contributed by atoms with Gasteiger partial charge in [-0.3, -0.25) is 4.79 Å². The highest BCUT2D eigenvalue weighted by molar-refractivity contribution is 6.30. The number of aromatic nitrogens is 3. The maximum atomic E-state index is 14.1. The first-order valence-electron chi connectivity index (χ1n) is 11.7. The summed E-state index contributed by atoms with van der Waals surface area (Å²) < 4.78 is 16.0. The van der Waals surface area contributed by atoms with E-state index in [1.165, 1.54) is 23.3 Å². The number of nitrogens with one attached hydrogen (secondary N) is 1. The van der Waals surface area contributed by atoms with Crippen molar-refractivity contribution in [1.29, 1.82) is 0 Å². The molecule has 0 spiro atoms. The summed E-state index contributed by atoms with van der Waals surface area (Å²) in [6, 6.07) is 14.7. The first-order chi connectivity index (χ1) is 16.8. The fourth-order valence-corrected chi connectivity index (χ4v) is 4.92. The second-order valence-corrected chi connectivity index (χ2v) is 9.74. The van der Waals surface area contributed by atoms with E-state index in [-0.39, 0.29) is 17.5 Å². The number of rotatable bonds is 4. The third-order valence-corrected chi connectivity index (χ3v) is 6.67. The molecule has 180 valence electrons. The lowest BCUT2D eigenvalue weighted by Gasteiger charge is -2.33. The van der Waals surface area contributed by atoms with Crippen LogP contribution in [0.5, 0.6) is 0 Å². The second kappa shape index (κ2) is 9.30. The van der Waals surface area contributed by atoms with Gasteiger partial charge in [0.2, 0.25) is 5.91 Å². The first-order valence-corrected chi connectivity index (χ1v) is 12.1. The Bertz CT molecular complexity index is 1400. The van der Waals surface area contributed by atoms with Gasteiger partial charge in [0.05, 0.1) is 11.4 Å². The molecule has 1 amide bonds. The van der Waals surface area contributed by atoms with Crippen LogP contribution in [0.3, 0.4) is 0 Å². The molecule has 6 nitrogen and oxygen atoms in total. The number of hydrogen-bond acceptors (Lipinski definition) is 4. The van der Waals surface area contributed by atoms with Crippen LogP contribution in [0.15, 0.2) is 48.5 Å². The van der Waals surface area contributed by atoms with E-state index in [1.54, 1.807) is 6.07 Å². The summed E-state index contributed by atoms with van der Waals surface area (Å²) in [7, 11) is 0. The fourth-order valence-electron chi connectivity index (χ4n) is 4.77. The molecule has 1 saturated heterocycles. The van der Waals surface area contributed by atoms with E-state index >= 15 is 0 Å². The standard InChI is InChI=1S/C27H27ClFN5O/c1-16-10-17(2)12-20(11-16)24-15-25-30-18(3)13-26(34(25)32-24)33-8-6-19(7-9-33)27(35)31-23-5-4-21(28)14-22(23)29/h4-5,10-15,19H,6-9H2,1-3H3,(H,31,35). The maximum Gasteiger partial charge on any atom is 0.227 e. The summed E-state index contributed by atoms with van der Waals surface area (Å²) in [5.41, 5.74) is 6.21. The van der Waals surface area contributed by atoms with Gasteiger partial charge in [-0.25, -0.2) is 9.37 Å². The molecule has 0 aliphatic carbocycles. The Hall–Kier alpha value is -3.45. The predicted molar refractivity (Wildman–Crippen MR) is 138 cm³/mol. The van der Waals surface area contributed by atoms with Crippen LogP contribution < -0.4 is 10.2 Å². The van der Waals surface area contributed by atoms with Crippen LogP contribution in [0.4, 0.5) is 15.9 Å². The largest absolute Gasteiger partial charge is 0.356 e. The van der Waals surface area contributed by atoms with E-state index in [4.69, 9.17) is 21.7 Å². The van der Waals surface area contributed by atoms with Crippen molar-refractivity contribution in [2.75, 3.05) is 23.3 Å². The molecule has 0 bridgehead atoms.